The van der Waals surface area contributed by atoms with E-state index in [4.69, 9.17) is 0 Å². The molecule has 0 fully saturated rings. The van der Waals surface area contributed by atoms with Crippen LogP contribution in [0.3, 0.4) is 0 Å². The standard InChI is InChI=1S/C17H14N2O2/c1-11(20)18-13-7-8-15-14(9-13)17(21)10-16(19-15)12-5-3-2-4-6-12/h2-9H,10H2,1H3,(H,18,20). The van der Waals surface area contributed by atoms with Crippen LogP contribution in [0.25, 0.3) is 0 Å². The number of ketones is 1. The van der Waals surface area contributed by atoms with Crippen molar-refractivity contribution >= 4 is 28.8 Å². The molecule has 0 saturated heterocycles. The van der Waals surface area contributed by atoms with Crippen LogP contribution in [0.1, 0.15) is 29.3 Å². The number of Topliss-reactive ketones (excluding diaryl/α,β-unsaturated/α-hetero) is 1. The van der Waals surface area contributed by atoms with Crippen molar-refractivity contribution < 1.29 is 9.59 Å². The molecule has 1 aliphatic rings. The fourth-order valence-corrected chi connectivity index (χ4v) is 2.37. The summed E-state index contributed by atoms with van der Waals surface area (Å²) in [6.45, 7) is 1.44. The highest BCUT2D eigenvalue weighted by atomic mass is 16.1. The van der Waals surface area contributed by atoms with Gasteiger partial charge in [0.25, 0.3) is 0 Å². The average molecular weight is 278 g/mol. The molecule has 3 rings (SSSR count). The van der Waals surface area contributed by atoms with Gasteiger partial charge in [-0.2, -0.15) is 0 Å². The van der Waals surface area contributed by atoms with Crippen molar-refractivity contribution in [2.24, 2.45) is 4.99 Å². The Morgan fingerprint density at radius 2 is 1.90 bits per heavy atom. The average Bonchev–Trinajstić information content (AvgIpc) is 2.48. The first kappa shape index (κ1) is 13.2. The summed E-state index contributed by atoms with van der Waals surface area (Å²) in [4.78, 5) is 28.0. The minimum absolute atomic E-state index is 0.0195. The zero-order valence-corrected chi connectivity index (χ0v) is 11.6. The SMILES string of the molecule is CC(=O)Nc1ccc2c(c1)C(=O)CC(c1ccccc1)=N2. The quantitative estimate of drug-likeness (QED) is 0.915. The zero-order valence-electron chi connectivity index (χ0n) is 11.6. The predicted octanol–water partition coefficient (Wildman–Crippen LogP) is 3.35. The van der Waals surface area contributed by atoms with E-state index in [-0.39, 0.29) is 18.1 Å². The maximum Gasteiger partial charge on any atom is 0.221 e. The van der Waals surface area contributed by atoms with Crippen molar-refractivity contribution in [3.63, 3.8) is 0 Å². The Labute approximate surface area is 122 Å². The van der Waals surface area contributed by atoms with Gasteiger partial charge in [0.1, 0.15) is 0 Å². The molecule has 0 bridgehead atoms. The van der Waals surface area contributed by atoms with E-state index in [1.807, 2.05) is 30.3 Å². The van der Waals surface area contributed by atoms with Crippen LogP contribution in [0.4, 0.5) is 11.4 Å². The summed E-state index contributed by atoms with van der Waals surface area (Å²) < 4.78 is 0. The van der Waals surface area contributed by atoms with E-state index in [9.17, 15) is 9.59 Å². The molecule has 0 radical (unpaired) electrons. The molecule has 0 aliphatic carbocycles. The zero-order chi connectivity index (χ0) is 14.8. The van der Waals surface area contributed by atoms with Gasteiger partial charge in [-0.05, 0) is 23.8 Å². The van der Waals surface area contributed by atoms with Crippen LogP contribution in [0.5, 0.6) is 0 Å². The molecule has 1 amide bonds. The summed E-state index contributed by atoms with van der Waals surface area (Å²) in [5.41, 5.74) is 3.57. The number of carbonyl (C=O) groups excluding carboxylic acids is 2. The molecule has 4 nitrogen and oxygen atoms in total. The summed E-state index contributed by atoms with van der Waals surface area (Å²) in [7, 11) is 0. The van der Waals surface area contributed by atoms with Crippen LogP contribution < -0.4 is 5.32 Å². The van der Waals surface area contributed by atoms with E-state index in [0.717, 1.165) is 11.3 Å². The fourth-order valence-electron chi connectivity index (χ4n) is 2.37. The van der Waals surface area contributed by atoms with Gasteiger partial charge in [0.15, 0.2) is 5.78 Å². The molecule has 21 heavy (non-hydrogen) atoms. The lowest BCUT2D eigenvalue weighted by atomic mass is 9.96. The van der Waals surface area contributed by atoms with E-state index in [2.05, 4.69) is 10.3 Å². The lowest BCUT2D eigenvalue weighted by Crippen LogP contribution is -2.15. The number of benzene rings is 2. The monoisotopic (exact) mass is 278 g/mol. The predicted molar refractivity (Wildman–Crippen MR) is 82.3 cm³/mol. The van der Waals surface area contributed by atoms with Crippen molar-refractivity contribution in [3.8, 4) is 0 Å². The number of amides is 1. The minimum Gasteiger partial charge on any atom is -0.326 e. The summed E-state index contributed by atoms with van der Waals surface area (Å²) >= 11 is 0. The van der Waals surface area contributed by atoms with Gasteiger partial charge in [-0.3, -0.25) is 14.6 Å². The molecule has 4 heteroatoms. The Morgan fingerprint density at radius 1 is 1.14 bits per heavy atom. The van der Waals surface area contributed by atoms with Gasteiger partial charge in [0, 0.05) is 18.2 Å². The Hall–Kier alpha value is -2.75. The van der Waals surface area contributed by atoms with E-state index >= 15 is 0 Å². The second-order valence-corrected chi connectivity index (χ2v) is 4.94. The van der Waals surface area contributed by atoms with Gasteiger partial charge in [-0.15, -0.1) is 0 Å². The molecule has 104 valence electrons. The largest absolute Gasteiger partial charge is 0.326 e. The number of nitrogens with one attached hydrogen (secondary N) is 1. The minimum atomic E-state index is -0.160. The van der Waals surface area contributed by atoms with Gasteiger partial charge in [-0.25, -0.2) is 0 Å². The summed E-state index contributed by atoms with van der Waals surface area (Å²) in [5, 5.41) is 2.68. The second-order valence-electron chi connectivity index (χ2n) is 4.94. The molecule has 1 N–H and O–H groups in total. The first-order chi connectivity index (χ1) is 10.1. The molecular weight excluding hydrogens is 264 g/mol. The van der Waals surface area contributed by atoms with Crippen LogP contribution in [0.15, 0.2) is 53.5 Å². The van der Waals surface area contributed by atoms with E-state index in [1.165, 1.54) is 6.92 Å². The summed E-state index contributed by atoms with van der Waals surface area (Å²) in [5.74, 6) is -0.141. The highest BCUT2D eigenvalue weighted by Crippen LogP contribution is 2.30. The van der Waals surface area contributed by atoms with Gasteiger partial charge in [-0.1, -0.05) is 30.3 Å². The maximum absolute atomic E-state index is 12.3. The normalized spacial score (nSPS) is 13.4. The Balaban J connectivity index is 2.00. The van der Waals surface area contributed by atoms with Crippen LogP contribution in [0.2, 0.25) is 0 Å². The molecule has 2 aromatic carbocycles. The van der Waals surface area contributed by atoms with Crippen LogP contribution in [-0.2, 0) is 4.79 Å². The third-order valence-electron chi connectivity index (χ3n) is 3.31. The Kier molecular flexibility index (Phi) is 3.36. The van der Waals surface area contributed by atoms with Crippen molar-refractivity contribution in [1.82, 2.24) is 0 Å². The third-order valence-corrected chi connectivity index (χ3v) is 3.31. The number of hydrogen-bond acceptors (Lipinski definition) is 3. The van der Waals surface area contributed by atoms with Crippen molar-refractivity contribution in [3.05, 3.63) is 59.7 Å². The summed E-state index contributed by atoms with van der Waals surface area (Å²) in [6, 6.07) is 14.9. The van der Waals surface area contributed by atoms with E-state index in [1.54, 1.807) is 18.2 Å². The molecule has 0 saturated carbocycles. The highest BCUT2D eigenvalue weighted by molar-refractivity contribution is 6.21. The number of aliphatic imine (C=N–C) groups is 1. The van der Waals surface area contributed by atoms with Crippen molar-refractivity contribution in [2.45, 2.75) is 13.3 Å². The van der Waals surface area contributed by atoms with Gasteiger partial charge < -0.3 is 5.32 Å². The lowest BCUT2D eigenvalue weighted by Gasteiger charge is -2.16. The van der Waals surface area contributed by atoms with Gasteiger partial charge in [0.05, 0.1) is 17.8 Å². The fraction of sp³-hybridized carbons (Fsp3) is 0.118. The van der Waals surface area contributed by atoms with Gasteiger partial charge >= 0.3 is 0 Å². The maximum atomic E-state index is 12.3. The molecule has 0 spiro atoms. The number of carbonyl (C=O) groups is 2. The number of fused-ring (bicyclic) bond motifs is 1. The number of rotatable bonds is 2. The Bertz CT molecular complexity index is 749. The molecule has 1 aliphatic heterocycles. The number of anilines is 1. The van der Waals surface area contributed by atoms with E-state index in [0.29, 0.717) is 16.9 Å². The Morgan fingerprint density at radius 3 is 2.62 bits per heavy atom. The number of hydrogen-bond donors (Lipinski definition) is 1. The highest BCUT2D eigenvalue weighted by Gasteiger charge is 2.21. The molecule has 1 heterocycles. The molecule has 2 aromatic rings. The van der Waals surface area contributed by atoms with E-state index < -0.39 is 0 Å². The summed E-state index contributed by atoms with van der Waals surface area (Å²) in [6.07, 6.45) is 0.278. The van der Waals surface area contributed by atoms with Crippen molar-refractivity contribution in [2.75, 3.05) is 5.32 Å². The molecule has 0 aromatic heterocycles. The van der Waals surface area contributed by atoms with Crippen LogP contribution in [-0.4, -0.2) is 17.4 Å². The van der Waals surface area contributed by atoms with Gasteiger partial charge in [0.2, 0.25) is 5.91 Å². The van der Waals surface area contributed by atoms with Crippen molar-refractivity contribution in [1.29, 1.82) is 0 Å². The smallest absolute Gasteiger partial charge is 0.221 e. The molecular formula is C17H14N2O2. The molecule has 0 unspecified atom stereocenters. The second kappa shape index (κ2) is 5.32. The van der Waals surface area contributed by atoms with Crippen LogP contribution >= 0.6 is 0 Å². The first-order valence-electron chi connectivity index (χ1n) is 6.71. The topological polar surface area (TPSA) is 58.5 Å². The first-order valence-corrected chi connectivity index (χ1v) is 6.71. The van der Waals surface area contributed by atoms with Crippen LogP contribution in [0, 0.1) is 0 Å². The molecule has 0 atom stereocenters. The number of nitrogens with zero attached hydrogens (tertiary/aromatic N) is 1. The lowest BCUT2D eigenvalue weighted by molar-refractivity contribution is -0.114. The third kappa shape index (κ3) is 2.74.